The van der Waals surface area contributed by atoms with Gasteiger partial charge in [0.05, 0.1) is 0 Å². The summed E-state index contributed by atoms with van der Waals surface area (Å²) in [7, 11) is 0. The highest BCUT2D eigenvalue weighted by molar-refractivity contribution is 5.74. The molecule has 18 heavy (non-hydrogen) atoms. The van der Waals surface area contributed by atoms with Gasteiger partial charge in [-0.2, -0.15) is 0 Å². The third kappa shape index (κ3) is 3.69. The molecule has 0 unspecified atom stereocenters. The van der Waals surface area contributed by atoms with Crippen molar-refractivity contribution in [3.8, 4) is 0 Å². The maximum absolute atomic E-state index is 11.1. The summed E-state index contributed by atoms with van der Waals surface area (Å²) in [6.45, 7) is 16.7. The van der Waals surface area contributed by atoms with Crippen LogP contribution >= 0.6 is 0 Å². The van der Waals surface area contributed by atoms with Crippen LogP contribution in [-0.4, -0.2) is 72.0 Å². The molecule has 4 heteroatoms. The van der Waals surface area contributed by atoms with E-state index in [1.54, 1.807) is 6.92 Å². The Balaban J connectivity index is 0.000000771. The Morgan fingerprint density at radius 3 is 1.94 bits per heavy atom. The van der Waals surface area contributed by atoms with Crippen molar-refractivity contribution in [3.63, 3.8) is 0 Å². The van der Waals surface area contributed by atoms with Crippen LogP contribution in [-0.2, 0) is 4.79 Å². The highest BCUT2D eigenvalue weighted by Crippen LogP contribution is 2.17. The molecule has 0 bridgehead atoms. The van der Waals surface area contributed by atoms with E-state index in [0.717, 1.165) is 26.2 Å². The minimum Gasteiger partial charge on any atom is -0.340 e. The maximum Gasteiger partial charge on any atom is 0.219 e. The summed E-state index contributed by atoms with van der Waals surface area (Å²) >= 11 is 0. The highest BCUT2D eigenvalue weighted by atomic mass is 16.2. The van der Waals surface area contributed by atoms with Crippen LogP contribution in [0.2, 0.25) is 0 Å². The molecule has 4 nitrogen and oxygen atoms in total. The van der Waals surface area contributed by atoms with E-state index in [9.17, 15) is 4.79 Å². The lowest BCUT2D eigenvalue weighted by Crippen LogP contribution is -2.64. The van der Waals surface area contributed by atoms with Crippen LogP contribution in [0.1, 0.15) is 34.6 Å². The molecule has 0 N–H and O–H groups in total. The van der Waals surface area contributed by atoms with Gasteiger partial charge in [-0.25, -0.2) is 0 Å². The van der Waals surface area contributed by atoms with E-state index in [2.05, 4.69) is 23.6 Å². The third-order valence-corrected chi connectivity index (χ3v) is 3.90. The van der Waals surface area contributed by atoms with Crippen molar-refractivity contribution in [2.75, 3.05) is 39.3 Å². The molecule has 0 aliphatic carbocycles. The Labute approximate surface area is 112 Å². The maximum atomic E-state index is 11.1. The molecule has 2 heterocycles. The van der Waals surface area contributed by atoms with E-state index in [1.807, 2.05) is 18.7 Å². The second-order valence-electron chi connectivity index (χ2n) is 5.24. The van der Waals surface area contributed by atoms with Gasteiger partial charge in [-0.05, 0) is 13.8 Å². The average molecular weight is 255 g/mol. The summed E-state index contributed by atoms with van der Waals surface area (Å²) in [5, 5.41) is 0. The van der Waals surface area contributed by atoms with Gasteiger partial charge in [-0.1, -0.05) is 13.8 Å². The first-order valence-electron chi connectivity index (χ1n) is 7.31. The molecule has 0 aromatic heterocycles. The zero-order valence-electron chi connectivity index (χ0n) is 12.6. The highest BCUT2D eigenvalue weighted by Gasteiger charge is 2.34. The fourth-order valence-electron chi connectivity index (χ4n) is 2.56. The number of amides is 1. The summed E-state index contributed by atoms with van der Waals surface area (Å²) in [5.41, 5.74) is 0. The molecular formula is C14H29N3O. The molecule has 0 atom stereocenters. The van der Waals surface area contributed by atoms with Crippen LogP contribution in [0.15, 0.2) is 0 Å². The zero-order chi connectivity index (χ0) is 13.7. The van der Waals surface area contributed by atoms with Gasteiger partial charge in [0, 0.05) is 58.3 Å². The number of carbonyl (C=O) groups is 1. The van der Waals surface area contributed by atoms with Crippen molar-refractivity contribution >= 4 is 5.91 Å². The van der Waals surface area contributed by atoms with Crippen LogP contribution in [0.4, 0.5) is 0 Å². The van der Waals surface area contributed by atoms with E-state index in [0.29, 0.717) is 12.1 Å². The van der Waals surface area contributed by atoms with Crippen molar-refractivity contribution in [3.05, 3.63) is 0 Å². The molecule has 0 radical (unpaired) electrons. The second-order valence-corrected chi connectivity index (χ2v) is 5.24. The van der Waals surface area contributed by atoms with Gasteiger partial charge >= 0.3 is 0 Å². The monoisotopic (exact) mass is 255 g/mol. The van der Waals surface area contributed by atoms with E-state index in [-0.39, 0.29) is 5.91 Å². The molecule has 2 aliphatic heterocycles. The summed E-state index contributed by atoms with van der Waals surface area (Å²) in [4.78, 5) is 18.1. The summed E-state index contributed by atoms with van der Waals surface area (Å²) in [6, 6.07) is 1.29. The van der Waals surface area contributed by atoms with Crippen molar-refractivity contribution < 1.29 is 4.79 Å². The molecular weight excluding hydrogens is 226 g/mol. The van der Waals surface area contributed by atoms with E-state index in [4.69, 9.17) is 0 Å². The standard InChI is InChI=1S/C12H23N3O.C2H6/c1-10(2)13-4-6-14(7-5-13)12-8-15(9-12)11(3)16;1-2/h10,12H,4-9H2,1-3H3;1-2H3. The van der Waals surface area contributed by atoms with Gasteiger partial charge in [0.15, 0.2) is 0 Å². The lowest BCUT2D eigenvalue weighted by molar-refractivity contribution is -0.136. The van der Waals surface area contributed by atoms with Crippen molar-refractivity contribution in [2.24, 2.45) is 0 Å². The topological polar surface area (TPSA) is 26.8 Å². The van der Waals surface area contributed by atoms with E-state index >= 15 is 0 Å². The Morgan fingerprint density at radius 2 is 1.56 bits per heavy atom. The third-order valence-electron chi connectivity index (χ3n) is 3.90. The first kappa shape index (κ1) is 15.4. The number of rotatable bonds is 2. The van der Waals surface area contributed by atoms with Gasteiger partial charge in [0.25, 0.3) is 0 Å². The Kier molecular flexibility index (Phi) is 6.09. The summed E-state index contributed by atoms with van der Waals surface area (Å²) < 4.78 is 0. The minimum absolute atomic E-state index is 0.220. The summed E-state index contributed by atoms with van der Waals surface area (Å²) in [5.74, 6) is 0.220. The number of carbonyl (C=O) groups excluding carboxylic acids is 1. The first-order chi connectivity index (χ1) is 8.58. The van der Waals surface area contributed by atoms with Crippen LogP contribution in [0, 0.1) is 0 Å². The average Bonchev–Trinajstić information content (AvgIpc) is 2.30. The molecule has 2 saturated heterocycles. The van der Waals surface area contributed by atoms with Crippen molar-refractivity contribution in [2.45, 2.75) is 46.7 Å². The largest absolute Gasteiger partial charge is 0.340 e. The fraction of sp³-hybridized carbons (Fsp3) is 0.929. The molecule has 0 aromatic rings. The normalized spacial score (nSPS) is 22.4. The number of likely N-dealkylation sites (tertiary alicyclic amines) is 1. The summed E-state index contributed by atoms with van der Waals surface area (Å²) in [6.07, 6.45) is 0. The number of hydrogen-bond acceptors (Lipinski definition) is 3. The van der Waals surface area contributed by atoms with E-state index in [1.165, 1.54) is 13.1 Å². The van der Waals surface area contributed by atoms with E-state index < -0.39 is 0 Å². The molecule has 2 rings (SSSR count). The van der Waals surface area contributed by atoms with Crippen molar-refractivity contribution in [1.29, 1.82) is 0 Å². The predicted molar refractivity (Wildman–Crippen MR) is 75.7 cm³/mol. The number of piperazine rings is 1. The molecule has 2 aliphatic rings. The fourth-order valence-corrected chi connectivity index (χ4v) is 2.56. The lowest BCUT2D eigenvalue weighted by Gasteiger charge is -2.48. The molecule has 0 aromatic carbocycles. The molecule has 106 valence electrons. The van der Waals surface area contributed by atoms with Crippen LogP contribution in [0.5, 0.6) is 0 Å². The molecule has 0 saturated carbocycles. The first-order valence-corrected chi connectivity index (χ1v) is 7.31. The molecule has 2 fully saturated rings. The number of hydrogen-bond donors (Lipinski definition) is 0. The Hall–Kier alpha value is -0.610. The zero-order valence-corrected chi connectivity index (χ0v) is 12.6. The number of nitrogens with zero attached hydrogens (tertiary/aromatic N) is 3. The lowest BCUT2D eigenvalue weighted by atomic mass is 10.1. The smallest absolute Gasteiger partial charge is 0.219 e. The molecule has 1 amide bonds. The van der Waals surface area contributed by atoms with Gasteiger partial charge < -0.3 is 4.90 Å². The van der Waals surface area contributed by atoms with Gasteiger partial charge in [0.2, 0.25) is 5.91 Å². The molecule has 0 spiro atoms. The van der Waals surface area contributed by atoms with Gasteiger partial charge in [-0.15, -0.1) is 0 Å². The quantitative estimate of drug-likeness (QED) is 0.743. The van der Waals surface area contributed by atoms with Crippen LogP contribution in [0.25, 0.3) is 0 Å². The second kappa shape index (κ2) is 7.10. The predicted octanol–water partition coefficient (Wildman–Crippen LogP) is 1.27. The van der Waals surface area contributed by atoms with Gasteiger partial charge in [0.1, 0.15) is 0 Å². The Morgan fingerprint density at radius 1 is 1.06 bits per heavy atom. The SMILES string of the molecule is CC.CC(=O)N1CC(N2CCN(C(C)C)CC2)C1. The Bertz CT molecular complexity index is 254. The van der Waals surface area contributed by atoms with Crippen molar-refractivity contribution in [1.82, 2.24) is 14.7 Å². The van der Waals surface area contributed by atoms with Gasteiger partial charge in [-0.3, -0.25) is 14.6 Å². The minimum atomic E-state index is 0.220. The van der Waals surface area contributed by atoms with Crippen LogP contribution < -0.4 is 0 Å². The van der Waals surface area contributed by atoms with Crippen LogP contribution in [0.3, 0.4) is 0 Å².